The molecule has 23 heavy (non-hydrogen) atoms. The van der Waals surface area contributed by atoms with Gasteiger partial charge in [0.1, 0.15) is 0 Å². The van der Waals surface area contributed by atoms with Crippen LogP contribution in [0.25, 0.3) is 0 Å². The van der Waals surface area contributed by atoms with Gasteiger partial charge in [-0.2, -0.15) is 0 Å². The Bertz CT molecular complexity index is 634. The van der Waals surface area contributed by atoms with Crippen LogP contribution in [0.5, 0.6) is 0 Å². The molecule has 3 nitrogen and oxygen atoms in total. The van der Waals surface area contributed by atoms with Crippen molar-refractivity contribution in [3.05, 3.63) is 60.0 Å². The van der Waals surface area contributed by atoms with Gasteiger partial charge in [-0.05, 0) is 43.4 Å². The smallest absolute Gasteiger partial charge is 0.165 e. The van der Waals surface area contributed by atoms with E-state index in [1.54, 1.807) is 12.3 Å². The minimum atomic E-state index is -0.288. The average molecular weight is 314 g/mol. The van der Waals surface area contributed by atoms with Crippen LogP contribution in [0.15, 0.2) is 48.7 Å². The van der Waals surface area contributed by atoms with Crippen molar-refractivity contribution >= 4 is 5.82 Å². The molecule has 2 heterocycles. The van der Waals surface area contributed by atoms with Gasteiger partial charge in [0.05, 0.1) is 6.61 Å². The molecule has 1 saturated heterocycles. The zero-order valence-corrected chi connectivity index (χ0v) is 13.3. The molecule has 0 aliphatic carbocycles. The van der Waals surface area contributed by atoms with Gasteiger partial charge in [0.2, 0.25) is 0 Å². The van der Waals surface area contributed by atoms with Crippen LogP contribution in [0.4, 0.5) is 10.2 Å². The van der Waals surface area contributed by atoms with E-state index in [0.29, 0.717) is 12.4 Å². The molecule has 1 aromatic heterocycles. The third-order valence-electron chi connectivity index (χ3n) is 4.82. The van der Waals surface area contributed by atoms with E-state index in [1.807, 2.05) is 23.1 Å². The van der Waals surface area contributed by atoms with E-state index < -0.39 is 0 Å². The number of halogens is 1. The maximum atomic E-state index is 14.0. The molecule has 0 radical (unpaired) electrons. The first-order chi connectivity index (χ1) is 11.2. The van der Waals surface area contributed by atoms with Gasteiger partial charge in [0, 0.05) is 24.7 Å². The summed E-state index contributed by atoms with van der Waals surface area (Å²) in [4.78, 5) is 6.18. The topological polar surface area (TPSA) is 36.4 Å². The predicted octanol–water partition coefficient (Wildman–Crippen LogP) is 3.43. The number of anilines is 1. The minimum absolute atomic E-state index is 0.130. The minimum Gasteiger partial charge on any atom is -0.396 e. The van der Waals surface area contributed by atoms with E-state index in [1.165, 1.54) is 11.6 Å². The number of hydrogen-bond donors (Lipinski definition) is 1. The fourth-order valence-electron chi connectivity index (χ4n) is 3.47. The Labute approximate surface area is 136 Å². The number of rotatable bonds is 5. The molecular formula is C19H23FN2O. The zero-order chi connectivity index (χ0) is 16.1. The third kappa shape index (κ3) is 3.70. The molecule has 1 aliphatic rings. The second-order valence-corrected chi connectivity index (χ2v) is 6.48. The number of nitrogens with zero attached hydrogens (tertiary/aromatic N) is 2. The summed E-state index contributed by atoms with van der Waals surface area (Å²) < 4.78 is 14.0. The molecule has 0 amide bonds. The van der Waals surface area contributed by atoms with Crippen molar-refractivity contribution in [2.45, 2.75) is 25.7 Å². The quantitative estimate of drug-likeness (QED) is 0.918. The third-order valence-corrected chi connectivity index (χ3v) is 4.82. The summed E-state index contributed by atoms with van der Waals surface area (Å²) in [5.41, 5.74) is 1.10. The lowest BCUT2D eigenvalue weighted by Crippen LogP contribution is -2.46. The summed E-state index contributed by atoms with van der Waals surface area (Å²) >= 11 is 0. The van der Waals surface area contributed by atoms with Gasteiger partial charge in [-0.25, -0.2) is 9.37 Å². The van der Waals surface area contributed by atoms with Crippen LogP contribution in [0.3, 0.4) is 0 Å². The van der Waals surface area contributed by atoms with Gasteiger partial charge in [-0.3, -0.25) is 0 Å². The van der Waals surface area contributed by atoms with E-state index in [9.17, 15) is 9.50 Å². The van der Waals surface area contributed by atoms with E-state index in [-0.39, 0.29) is 17.8 Å². The molecule has 122 valence electrons. The summed E-state index contributed by atoms with van der Waals surface area (Å²) in [6.45, 7) is 1.58. The highest BCUT2D eigenvalue weighted by Crippen LogP contribution is 2.36. The van der Waals surface area contributed by atoms with Gasteiger partial charge < -0.3 is 10.0 Å². The first-order valence-corrected chi connectivity index (χ1v) is 8.23. The Kier molecular flexibility index (Phi) is 4.91. The van der Waals surface area contributed by atoms with Crippen LogP contribution in [0.1, 0.15) is 24.8 Å². The number of hydrogen-bond acceptors (Lipinski definition) is 3. The Morgan fingerprint density at radius 2 is 2.00 bits per heavy atom. The van der Waals surface area contributed by atoms with Crippen LogP contribution in [-0.4, -0.2) is 29.8 Å². The van der Waals surface area contributed by atoms with Crippen molar-refractivity contribution in [1.29, 1.82) is 0 Å². The van der Waals surface area contributed by atoms with Gasteiger partial charge in [0.15, 0.2) is 11.6 Å². The van der Waals surface area contributed by atoms with E-state index in [0.717, 1.165) is 32.2 Å². The highest BCUT2D eigenvalue weighted by molar-refractivity contribution is 5.40. The number of aromatic nitrogens is 1. The standard InChI is InChI=1S/C19H23FN2O/c20-17-8-4-12-21-18(17)22-13-5-10-19(14-22,15-23)11-9-16-6-2-1-3-7-16/h1-4,6-8,12,23H,5,9-11,13-15H2/t19-/m1/s1. The van der Waals surface area contributed by atoms with Gasteiger partial charge in [-0.1, -0.05) is 30.3 Å². The van der Waals surface area contributed by atoms with Gasteiger partial charge >= 0.3 is 0 Å². The molecule has 1 aliphatic heterocycles. The highest BCUT2D eigenvalue weighted by atomic mass is 19.1. The summed E-state index contributed by atoms with van der Waals surface area (Å²) in [5, 5.41) is 10.0. The fourth-order valence-corrected chi connectivity index (χ4v) is 3.47. The Hall–Kier alpha value is -1.94. The number of benzene rings is 1. The summed E-state index contributed by atoms with van der Waals surface area (Å²) in [5.74, 6) is 0.119. The molecule has 1 aromatic carbocycles. The SMILES string of the molecule is OC[C@@]1(CCc2ccccc2)CCCN(c2ncccc2F)C1. The number of aliphatic hydroxyl groups excluding tert-OH is 1. The summed E-state index contributed by atoms with van der Waals surface area (Å²) in [7, 11) is 0. The maximum absolute atomic E-state index is 14.0. The van der Waals surface area contributed by atoms with Gasteiger partial charge in [-0.15, -0.1) is 0 Å². The number of aliphatic hydroxyl groups is 1. The molecule has 0 spiro atoms. The second kappa shape index (κ2) is 7.09. The van der Waals surface area contributed by atoms with Crippen molar-refractivity contribution < 1.29 is 9.50 Å². The van der Waals surface area contributed by atoms with E-state index >= 15 is 0 Å². The Morgan fingerprint density at radius 3 is 2.74 bits per heavy atom. The normalized spacial score (nSPS) is 21.4. The molecule has 1 fully saturated rings. The lowest BCUT2D eigenvalue weighted by molar-refractivity contribution is 0.0960. The number of aryl methyl sites for hydroxylation is 1. The van der Waals surface area contributed by atoms with Crippen molar-refractivity contribution in [2.75, 3.05) is 24.6 Å². The monoisotopic (exact) mass is 314 g/mol. The number of piperidine rings is 1. The number of pyridine rings is 1. The molecule has 1 atom stereocenters. The Balaban J connectivity index is 1.72. The molecule has 3 rings (SSSR count). The molecule has 4 heteroatoms. The molecule has 0 unspecified atom stereocenters. The van der Waals surface area contributed by atoms with Crippen LogP contribution >= 0.6 is 0 Å². The van der Waals surface area contributed by atoms with Crippen molar-refractivity contribution in [2.24, 2.45) is 5.41 Å². The molecule has 0 bridgehead atoms. The van der Waals surface area contributed by atoms with Crippen LogP contribution in [0, 0.1) is 11.2 Å². The van der Waals surface area contributed by atoms with Crippen LogP contribution in [0.2, 0.25) is 0 Å². The second-order valence-electron chi connectivity index (χ2n) is 6.48. The van der Waals surface area contributed by atoms with Crippen molar-refractivity contribution in [3.8, 4) is 0 Å². The first kappa shape index (κ1) is 15.9. The van der Waals surface area contributed by atoms with Crippen molar-refractivity contribution in [1.82, 2.24) is 4.98 Å². The Morgan fingerprint density at radius 1 is 1.17 bits per heavy atom. The molecule has 1 N–H and O–H groups in total. The molecule has 0 saturated carbocycles. The largest absolute Gasteiger partial charge is 0.396 e. The van der Waals surface area contributed by atoms with Crippen molar-refractivity contribution in [3.63, 3.8) is 0 Å². The van der Waals surface area contributed by atoms with E-state index in [2.05, 4.69) is 17.1 Å². The van der Waals surface area contributed by atoms with Gasteiger partial charge in [0.25, 0.3) is 0 Å². The first-order valence-electron chi connectivity index (χ1n) is 8.23. The zero-order valence-electron chi connectivity index (χ0n) is 13.3. The summed E-state index contributed by atoms with van der Waals surface area (Å²) in [6.07, 6.45) is 5.38. The lowest BCUT2D eigenvalue weighted by Gasteiger charge is -2.42. The lowest BCUT2D eigenvalue weighted by atomic mass is 9.76. The highest BCUT2D eigenvalue weighted by Gasteiger charge is 2.35. The summed E-state index contributed by atoms with van der Waals surface area (Å²) in [6, 6.07) is 13.4. The predicted molar refractivity (Wildman–Crippen MR) is 89.9 cm³/mol. The maximum Gasteiger partial charge on any atom is 0.165 e. The van der Waals surface area contributed by atoms with Crippen LogP contribution < -0.4 is 4.90 Å². The molecule has 2 aromatic rings. The van der Waals surface area contributed by atoms with Crippen LogP contribution in [-0.2, 0) is 6.42 Å². The average Bonchev–Trinajstić information content (AvgIpc) is 2.61. The molecular weight excluding hydrogens is 291 g/mol. The fraction of sp³-hybridized carbons (Fsp3) is 0.421. The van der Waals surface area contributed by atoms with E-state index in [4.69, 9.17) is 0 Å².